The summed E-state index contributed by atoms with van der Waals surface area (Å²) in [6.07, 6.45) is 1.22. The fourth-order valence-corrected chi connectivity index (χ4v) is 2.45. The molecule has 0 saturated carbocycles. The van der Waals surface area contributed by atoms with Gasteiger partial charge in [-0.2, -0.15) is 0 Å². The van der Waals surface area contributed by atoms with Gasteiger partial charge in [0.15, 0.2) is 0 Å². The summed E-state index contributed by atoms with van der Waals surface area (Å²) in [6.45, 7) is 0.457. The number of nitrogens with zero attached hydrogens (tertiary/aromatic N) is 3. The summed E-state index contributed by atoms with van der Waals surface area (Å²) in [5.41, 5.74) is -0.558. The summed E-state index contributed by atoms with van der Waals surface area (Å²) >= 11 is 0. The minimum Gasteiger partial charge on any atom is -0.467 e. The number of ether oxygens (including phenoxy) is 1. The molecule has 1 heterocycles. The van der Waals surface area contributed by atoms with Gasteiger partial charge in [-0.3, -0.25) is 20.2 Å². The number of carbonyl (C=O) groups excluding carboxylic acids is 1. The van der Waals surface area contributed by atoms with Crippen molar-refractivity contribution in [2.24, 2.45) is 0 Å². The van der Waals surface area contributed by atoms with E-state index in [1.807, 2.05) is 0 Å². The Labute approximate surface area is 119 Å². The summed E-state index contributed by atoms with van der Waals surface area (Å²) in [5.74, 6) is -0.472. The Kier molecular flexibility index (Phi) is 4.01. The average molecular weight is 295 g/mol. The second-order valence-corrected chi connectivity index (χ2v) is 4.56. The molecule has 1 aliphatic heterocycles. The van der Waals surface area contributed by atoms with Crippen LogP contribution in [0.4, 0.5) is 17.1 Å². The number of esters is 1. The lowest BCUT2D eigenvalue weighted by atomic mass is 10.2. The van der Waals surface area contributed by atoms with E-state index in [0.29, 0.717) is 19.4 Å². The van der Waals surface area contributed by atoms with Gasteiger partial charge in [-0.05, 0) is 18.9 Å². The van der Waals surface area contributed by atoms with Crippen molar-refractivity contribution in [3.05, 3.63) is 38.4 Å². The third-order valence-corrected chi connectivity index (χ3v) is 3.40. The van der Waals surface area contributed by atoms with Gasteiger partial charge in [-0.1, -0.05) is 0 Å². The molecule has 1 atom stereocenters. The van der Waals surface area contributed by atoms with Crippen molar-refractivity contribution >= 4 is 23.0 Å². The van der Waals surface area contributed by atoms with Crippen molar-refractivity contribution in [1.82, 2.24) is 0 Å². The van der Waals surface area contributed by atoms with E-state index in [-0.39, 0.29) is 17.1 Å². The predicted molar refractivity (Wildman–Crippen MR) is 72.1 cm³/mol. The molecular formula is C12H13N3O6. The highest BCUT2D eigenvalue weighted by Gasteiger charge is 2.35. The Bertz CT molecular complexity index is 603. The van der Waals surface area contributed by atoms with E-state index in [4.69, 9.17) is 0 Å². The van der Waals surface area contributed by atoms with Crippen LogP contribution in [0.2, 0.25) is 0 Å². The quantitative estimate of drug-likeness (QED) is 0.471. The molecule has 0 bridgehead atoms. The molecule has 21 heavy (non-hydrogen) atoms. The van der Waals surface area contributed by atoms with Crippen LogP contribution in [0.5, 0.6) is 0 Å². The van der Waals surface area contributed by atoms with Gasteiger partial charge in [0.25, 0.3) is 11.4 Å². The minimum absolute atomic E-state index is 0.193. The molecule has 1 fully saturated rings. The Hall–Kier alpha value is -2.71. The van der Waals surface area contributed by atoms with Crippen molar-refractivity contribution in [3.63, 3.8) is 0 Å². The number of hydrogen-bond acceptors (Lipinski definition) is 7. The topological polar surface area (TPSA) is 116 Å². The highest BCUT2D eigenvalue weighted by molar-refractivity contribution is 5.82. The Morgan fingerprint density at radius 3 is 2.62 bits per heavy atom. The molecule has 0 aliphatic carbocycles. The molecule has 0 aromatic heterocycles. The van der Waals surface area contributed by atoms with Gasteiger partial charge in [0.1, 0.15) is 11.7 Å². The maximum Gasteiger partial charge on any atom is 0.328 e. The van der Waals surface area contributed by atoms with Gasteiger partial charge >= 0.3 is 5.97 Å². The lowest BCUT2D eigenvalue weighted by Crippen LogP contribution is -2.37. The number of hydrogen-bond donors (Lipinski definition) is 0. The molecule has 1 aliphatic rings. The first-order chi connectivity index (χ1) is 9.95. The van der Waals surface area contributed by atoms with Crippen LogP contribution < -0.4 is 4.90 Å². The van der Waals surface area contributed by atoms with Crippen LogP contribution >= 0.6 is 0 Å². The molecule has 0 amide bonds. The van der Waals surface area contributed by atoms with E-state index in [2.05, 4.69) is 4.74 Å². The van der Waals surface area contributed by atoms with Crippen LogP contribution in [0.15, 0.2) is 18.2 Å². The lowest BCUT2D eigenvalue weighted by molar-refractivity contribution is -0.393. The molecule has 0 N–H and O–H groups in total. The molecule has 2 rings (SSSR count). The number of rotatable bonds is 4. The van der Waals surface area contributed by atoms with Crippen molar-refractivity contribution in [3.8, 4) is 0 Å². The number of methoxy groups -OCH3 is 1. The van der Waals surface area contributed by atoms with Crippen LogP contribution in [0.25, 0.3) is 0 Å². The molecule has 0 spiro atoms. The number of anilines is 1. The Morgan fingerprint density at radius 2 is 2.05 bits per heavy atom. The van der Waals surface area contributed by atoms with Crippen LogP contribution in [0.1, 0.15) is 12.8 Å². The fourth-order valence-electron chi connectivity index (χ4n) is 2.45. The molecule has 112 valence electrons. The van der Waals surface area contributed by atoms with Gasteiger partial charge in [-0.25, -0.2) is 4.79 Å². The summed E-state index contributed by atoms with van der Waals surface area (Å²) in [7, 11) is 1.25. The van der Waals surface area contributed by atoms with Crippen molar-refractivity contribution in [2.75, 3.05) is 18.6 Å². The van der Waals surface area contributed by atoms with E-state index < -0.39 is 21.9 Å². The lowest BCUT2D eigenvalue weighted by Gasteiger charge is -2.24. The molecular weight excluding hydrogens is 282 g/mol. The molecule has 9 heteroatoms. The standard InChI is InChI=1S/C12H13N3O6/c1-21-12(16)10-3-2-6-13(10)9-5-4-8(14(17)18)7-11(9)15(19)20/h4-5,7,10H,2-3,6H2,1H3. The second-order valence-electron chi connectivity index (χ2n) is 4.56. The number of nitro benzene ring substituents is 2. The molecule has 1 aromatic carbocycles. The van der Waals surface area contributed by atoms with E-state index in [0.717, 1.165) is 6.07 Å². The zero-order chi connectivity index (χ0) is 15.6. The summed E-state index contributed by atoms with van der Waals surface area (Å²) in [6, 6.07) is 2.80. The molecule has 1 saturated heterocycles. The normalized spacial score (nSPS) is 17.6. The summed E-state index contributed by atoms with van der Waals surface area (Å²) in [5, 5.41) is 21.9. The first-order valence-electron chi connectivity index (χ1n) is 6.23. The van der Waals surface area contributed by atoms with Gasteiger partial charge < -0.3 is 9.64 Å². The number of benzene rings is 1. The summed E-state index contributed by atoms with van der Waals surface area (Å²) in [4.78, 5) is 33.8. The third-order valence-electron chi connectivity index (χ3n) is 3.40. The predicted octanol–water partition coefficient (Wildman–Crippen LogP) is 1.64. The maximum atomic E-state index is 11.7. The highest BCUT2D eigenvalue weighted by atomic mass is 16.6. The smallest absolute Gasteiger partial charge is 0.328 e. The SMILES string of the molecule is COC(=O)C1CCCN1c1ccc([N+](=O)[O-])cc1[N+](=O)[O-]. The number of carbonyl (C=O) groups is 1. The van der Waals surface area contributed by atoms with Gasteiger partial charge in [0, 0.05) is 12.6 Å². The Morgan fingerprint density at radius 1 is 1.33 bits per heavy atom. The zero-order valence-electron chi connectivity index (χ0n) is 11.2. The van der Waals surface area contributed by atoms with E-state index >= 15 is 0 Å². The number of non-ortho nitro benzene ring substituents is 1. The van der Waals surface area contributed by atoms with Crippen LogP contribution in [-0.2, 0) is 9.53 Å². The second kappa shape index (κ2) is 5.73. The first-order valence-corrected chi connectivity index (χ1v) is 6.23. The van der Waals surface area contributed by atoms with E-state index in [1.54, 1.807) is 4.90 Å². The highest BCUT2D eigenvalue weighted by Crippen LogP contribution is 2.36. The minimum atomic E-state index is -0.696. The molecule has 0 radical (unpaired) electrons. The van der Waals surface area contributed by atoms with E-state index in [9.17, 15) is 25.0 Å². The van der Waals surface area contributed by atoms with Gasteiger partial charge in [0.2, 0.25) is 0 Å². The van der Waals surface area contributed by atoms with Crippen molar-refractivity contribution < 1.29 is 19.4 Å². The molecule has 1 unspecified atom stereocenters. The van der Waals surface area contributed by atoms with Gasteiger partial charge in [-0.15, -0.1) is 0 Å². The molecule has 9 nitrogen and oxygen atoms in total. The maximum absolute atomic E-state index is 11.7. The van der Waals surface area contributed by atoms with Crippen molar-refractivity contribution in [1.29, 1.82) is 0 Å². The zero-order valence-corrected chi connectivity index (χ0v) is 11.2. The van der Waals surface area contributed by atoms with Crippen molar-refractivity contribution in [2.45, 2.75) is 18.9 Å². The van der Waals surface area contributed by atoms with Crippen LogP contribution in [-0.4, -0.2) is 35.5 Å². The first kappa shape index (κ1) is 14.7. The molecule has 1 aromatic rings. The third kappa shape index (κ3) is 2.76. The average Bonchev–Trinajstić information content (AvgIpc) is 2.94. The Balaban J connectivity index is 2.45. The van der Waals surface area contributed by atoms with E-state index in [1.165, 1.54) is 19.2 Å². The largest absolute Gasteiger partial charge is 0.467 e. The number of nitro groups is 2. The summed E-state index contributed by atoms with van der Waals surface area (Å²) < 4.78 is 4.69. The fraction of sp³-hybridized carbons (Fsp3) is 0.417. The van der Waals surface area contributed by atoms with Crippen LogP contribution in [0, 0.1) is 20.2 Å². The monoisotopic (exact) mass is 295 g/mol. The van der Waals surface area contributed by atoms with Crippen LogP contribution in [0.3, 0.4) is 0 Å². The van der Waals surface area contributed by atoms with Gasteiger partial charge in [0.05, 0.1) is 23.0 Å².